The fourth-order valence-electron chi connectivity index (χ4n) is 2.20. The average molecular weight is 326 g/mol. The summed E-state index contributed by atoms with van der Waals surface area (Å²) >= 11 is 1.77. The van der Waals surface area contributed by atoms with E-state index in [1.807, 2.05) is 12.1 Å². The second kappa shape index (κ2) is 5.36. The fourth-order valence-corrected chi connectivity index (χ4v) is 3.25. The van der Waals surface area contributed by atoms with Crippen LogP contribution in [0.2, 0.25) is 0 Å². The van der Waals surface area contributed by atoms with Crippen molar-refractivity contribution in [2.45, 2.75) is 6.92 Å². The zero-order chi connectivity index (χ0) is 11.8. The third-order valence-corrected chi connectivity index (χ3v) is 4.04. The summed E-state index contributed by atoms with van der Waals surface area (Å²) in [6, 6.07) is 8.23. The third kappa shape index (κ3) is 2.17. The van der Waals surface area contributed by atoms with Gasteiger partial charge in [-0.05, 0) is 36.8 Å². The number of hydrogen-bond acceptors (Lipinski definition) is 4. The van der Waals surface area contributed by atoms with Gasteiger partial charge in [0, 0.05) is 11.4 Å². The van der Waals surface area contributed by atoms with E-state index in [1.165, 1.54) is 16.2 Å². The highest BCUT2D eigenvalue weighted by molar-refractivity contribution is 8.17. The fraction of sp³-hybridized carbons (Fsp3) is 0.308. The Hall–Kier alpha value is -0.940. The summed E-state index contributed by atoms with van der Waals surface area (Å²) in [5.41, 5.74) is 2.54. The number of fused-ring (bicyclic) bond motifs is 1. The molecule has 2 aliphatic rings. The largest absolute Gasteiger partial charge is 1.00 e. The Labute approximate surface area is 122 Å². The summed E-state index contributed by atoms with van der Waals surface area (Å²) in [4.78, 5) is 8.13. The molecule has 0 atom stereocenters. The van der Waals surface area contributed by atoms with Crippen LogP contribution in [0.25, 0.3) is 5.70 Å². The molecule has 3 rings (SSSR count). The van der Waals surface area contributed by atoms with Crippen LogP contribution in [0.4, 0.5) is 0 Å². The van der Waals surface area contributed by atoms with Crippen molar-refractivity contribution in [3.05, 3.63) is 34.7 Å². The zero-order valence-electron chi connectivity index (χ0n) is 10.3. The Morgan fingerprint density at radius 3 is 2.67 bits per heavy atom. The normalized spacial score (nSPS) is 17.4. The summed E-state index contributed by atoms with van der Waals surface area (Å²) in [6.07, 6.45) is 0. The number of halogens is 1. The molecule has 0 fully saturated rings. The van der Waals surface area contributed by atoms with Gasteiger partial charge in [-0.15, -0.1) is 0 Å². The number of amidine groups is 1. The van der Waals surface area contributed by atoms with Gasteiger partial charge in [-0.2, -0.15) is 0 Å². The van der Waals surface area contributed by atoms with Crippen molar-refractivity contribution in [2.75, 3.05) is 20.2 Å². The molecule has 0 saturated heterocycles. The predicted octanol–water partition coefficient (Wildman–Crippen LogP) is -0.194. The molecule has 1 aromatic rings. The second-order valence-electron chi connectivity index (χ2n) is 4.05. The summed E-state index contributed by atoms with van der Waals surface area (Å²) in [5, 5.41) is 1.15. The third-order valence-electron chi connectivity index (χ3n) is 3.01. The first kappa shape index (κ1) is 13.5. The lowest BCUT2D eigenvalue weighted by molar-refractivity contribution is -0.00000370. The van der Waals surface area contributed by atoms with Crippen molar-refractivity contribution < 1.29 is 21.7 Å². The molecule has 0 saturated carbocycles. The van der Waals surface area contributed by atoms with Crippen LogP contribution in [0.15, 0.2) is 34.2 Å². The van der Waals surface area contributed by atoms with Gasteiger partial charge in [0.25, 0.3) is 0 Å². The van der Waals surface area contributed by atoms with Crippen LogP contribution in [-0.2, 0) is 0 Å². The van der Waals surface area contributed by atoms with E-state index in [-0.39, 0.29) is 17.0 Å². The highest BCUT2D eigenvalue weighted by Crippen LogP contribution is 2.41. The smallest absolute Gasteiger partial charge is 0.168 e. The lowest BCUT2D eigenvalue weighted by Gasteiger charge is -2.17. The molecule has 0 N–H and O–H groups in total. The van der Waals surface area contributed by atoms with Gasteiger partial charge in [0.05, 0.1) is 19.4 Å². The van der Waals surface area contributed by atoms with Crippen molar-refractivity contribution in [1.82, 2.24) is 4.90 Å². The van der Waals surface area contributed by atoms with Crippen LogP contribution < -0.4 is 21.7 Å². The molecule has 18 heavy (non-hydrogen) atoms. The molecule has 2 aliphatic heterocycles. The van der Waals surface area contributed by atoms with Gasteiger partial charge in [-0.25, -0.2) is 0 Å². The highest BCUT2D eigenvalue weighted by atomic mass is 79.9. The first-order valence-electron chi connectivity index (χ1n) is 5.65. The van der Waals surface area contributed by atoms with Crippen molar-refractivity contribution in [3.63, 3.8) is 0 Å². The number of aliphatic imine (C=N–C) groups is 1. The molecule has 0 unspecified atom stereocenters. The van der Waals surface area contributed by atoms with E-state index >= 15 is 0 Å². The zero-order valence-corrected chi connectivity index (χ0v) is 12.7. The Balaban J connectivity index is 0.00000120. The monoisotopic (exact) mass is 325 g/mol. The van der Waals surface area contributed by atoms with Crippen molar-refractivity contribution >= 4 is 22.6 Å². The number of allylic oxidation sites excluding steroid dienone is 1. The van der Waals surface area contributed by atoms with E-state index in [4.69, 9.17) is 4.74 Å². The Kier molecular flexibility index (Phi) is 4.02. The van der Waals surface area contributed by atoms with Crippen LogP contribution in [-0.4, -0.2) is 30.3 Å². The summed E-state index contributed by atoms with van der Waals surface area (Å²) in [5.74, 6) is 0.896. The van der Waals surface area contributed by atoms with Crippen LogP contribution in [0.5, 0.6) is 5.75 Å². The van der Waals surface area contributed by atoms with Crippen LogP contribution in [0.1, 0.15) is 12.5 Å². The van der Waals surface area contributed by atoms with Gasteiger partial charge in [-0.1, -0.05) is 11.8 Å². The minimum Gasteiger partial charge on any atom is -1.00 e. The maximum absolute atomic E-state index is 5.19. The molecule has 1 aromatic carbocycles. The van der Waals surface area contributed by atoms with Crippen LogP contribution >= 0.6 is 11.8 Å². The molecule has 0 spiro atoms. The predicted molar refractivity (Wildman–Crippen MR) is 72.2 cm³/mol. The van der Waals surface area contributed by atoms with Crippen LogP contribution in [0.3, 0.4) is 0 Å². The second-order valence-corrected chi connectivity index (χ2v) is 5.23. The first-order valence-corrected chi connectivity index (χ1v) is 6.46. The topological polar surface area (TPSA) is 24.8 Å². The van der Waals surface area contributed by atoms with E-state index in [1.54, 1.807) is 18.9 Å². The lowest BCUT2D eigenvalue weighted by Crippen LogP contribution is -3.00. The van der Waals surface area contributed by atoms with E-state index in [0.717, 1.165) is 24.0 Å². The van der Waals surface area contributed by atoms with Gasteiger partial charge in [-0.3, -0.25) is 4.99 Å². The molecule has 0 aliphatic carbocycles. The van der Waals surface area contributed by atoms with Gasteiger partial charge in [0.2, 0.25) is 0 Å². The number of benzene rings is 1. The van der Waals surface area contributed by atoms with E-state index in [2.05, 4.69) is 28.9 Å². The SMILES string of the molecule is COc1ccc(C2=C(C)SC3=NCCN32)cc1.[Br-]. The van der Waals surface area contributed by atoms with Crippen molar-refractivity contribution in [2.24, 2.45) is 4.99 Å². The maximum atomic E-state index is 5.19. The summed E-state index contributed by atoms with van der Waals surface area (Å²) in [6.45, 7) is 4.07. The van der Waals surface area contributed by atoms with E-state index in [0.29, 0.717) is 0 Å². The molecular formula is C13H14BrN2OS-. The summed E-state index contributed by atoms with van der Waals surface area (Å²) in [7, 11) is 1.69. The maximum Gasteiger partial charge on any atom is 0.168 e. The van der Waals surface area contributed by atoms with Gasteiger partial charge >= 0.3 is 0 Å². The number of methoxy groups -OCH3 is 1. The molecule has 0 bridgehead atoms. The molecule has 3 nitrogen and oxygen atoms in total. The minimum atomic E-state index is 0. The standard InChI is InChI=1S/C13H14N2OS.BrH/c1-9-12(15-8-7-14-13(15)17-9)10-3-5-11(16-2)6-4-10;/h3-6H,7-8H2,1-2H3;1H/p-1. The van der Waals surface area contributed by atoms with E-state index in [9.17, 15) is 0 Å². The van der Waals surface area contributed by atoms with E-state index < -0.39 is 0 Å². The molecule has 5 heteroatoms. The number of thioether (sulfide) groups is 1. The van der Waals surface area contributed by atoms with Gasteiger partial charge < -0.3 is 26.6 Å². The minimum absolute atomic E-state index is 0. The average Bonchev–Trinajstić information content (AvgIpc) is 2.89. The van der Waals surface area contributed by atoms with Gasteiger partial charge in [0.1, 0.15) is 5.75 Å². The number of ether oxygens (including phenoxy) is 1. The molecule has 2 heterocycles. The molecule has 0 radical (unpaired) electrons. The van der Waals surface area contributed by atoms with Crippen molar-refractivity contribution in [1.29, 1.82) is 0 Å². The highest BCUT2D eigenvalue weighted by Gasteiger charge is 2.30. The Morgan fingerprint density at radius 1 is 1.28 bits per heavy atom. The molecule has 96 valence electrons. The van der Waals surface area contributed by atoms with Gasteiger partial charge in [0.15, 0.2) is 5.17 Å². The van der Waals surface area contributed by atoms with Crippen LogP contribution in [0, 0.1) is 0 Å². The molecule has 0 aromatic heterocycles. The number of nitrogens with zero attached hydrogens (tertiary/aromatic N) is 2. The molecule has 0 amide bonds. The number of hydrogen-bond donors (Lipinski definition) is 0. The Bertz CT molecular complexity index is 510. The van der Waals surface area contributed by atoms with Crippen molar-refractivity contribution in [3.8, 4) is 5.75 Å². The Morgan fingerprint density at radius 2 is 2.00 bits per heavy atom. The number of rotatable bonds is 2. The molecular weight excluding hydrogens is 312 g/mol. The summed E-state index contributed by atoms with van der Waals surface area (Å²) < 4.78 is 5.19. The first-order chi connectivity index (χ1) is 8.29. The quantitative estimate of drug-likeness (QED) is 0.753. The lowest BCUT2D eigenvalue weighted by atomic mass is 10.1.